The van der Waals surface area contributed by atoms with E-state index in [1.165, 1.54) is 10.6 Å². The van der Waals surface area contributed by atoms with Crippen molar-refractivity contribution in [3.05, 3.63) is 56.2 Å². The number of ether oxygens (including phenoxy) is 2. The van der Waals surface area contributed by atoms with Crippen molar-refractivity contribution >= 4 is 29.4 Å². The van der Waals surface area contributed by atoms with Gasteiger partial charge in [-0.3, -0.25) is 13.9 Å². The number of hydrogen-bond donors (Lipinski definition) is 1. The minimum Gasteiger partial charge on any atom is -0.487 e. The third-order valence-corrected chi connectivity index (χ3v) is 6.29. The molecule has 0 atom stereocenters. The third kappa shape index (κ3) is 5.81. The summed E-state index contributed by atoms with van der Waals surface area (Å²) >= 11 is 0. The SMILES string of the molecule is CCn1c(=O)c2[nH]c(/C=C/c3ccc(OC4CCN(C(=O)OC(C)(C)C)CC4)c(F)c3)nc2n(CC)c1=O. The summed E-state index contributed by atoms with van der Waals surface area (Å²) in [6.07, 6.45) is 3.89. The van der Waals surface area contributed by atoms with Crippen LogP contribution in [0.4, 0.5) is 9.18 Å². The van der Waals surface area contributed by atoms with E-state index < -0.39 is 22.7 Å². The molecular weight excluding hydrogens is 493 g/mol. The number of fused-ring (bicyclic) bond motifs is 1. The molecule has 0 bridgehead atoms. The van der Waals surface area contributed by atoms with Crippen LogP contribution in [0.5, 0.6) is 5.75 Å². The van der Waals surface area contributed by atoms with Gasteiger partial charge in [0.2, 0.25) is 0 Å². The second-order valence-corrected chi connectivity index (χ2v) is 10.2. The molecule has 38 heavy (non-hydrogen) atoms. The van der Waals surface area contributed by atoms with E-state index in [9.17, 15) is 18.8 Å². The zero-order valence-electron chi connectivity index (χ0n) is 22.4. The van der Waals surface area contributed by atoms with Crippen molar-refractivity contribution in [2.24, 2.45) is 0 Å². The van der Waals surface area contributed by atoms with E-state index in [2.05, 4.69) is 9.97 Å². The van der Waals surface area contributed by atoms with E-state index in [4.69, 9.17) is 9.47 Å². The van der Waals surface area contributed by atoms with Crippen molar-refractivity contribution in [3.8, 4) is 5.75 Å². The number of nitrogens with zero attached hydrogens (tertiary/aromatic N) is 4. The van der Waals surface area contributed by atoms with Crippen LogP contribution in [0.1, 0.15) is 58.8 Å². The van der Waals surface area contributed by atoms with Crippen molar-refractivity contribution in [1.29, 1.82) is 0 Å². The number of aromatic nitrogens is 4. The maximum Gasteiger partial charge on any atom is 0.410 e. The monoisotopic (exact) mass is 527 g/mol. The molecule has 1 aliphatic heterocycles. The molecule has 2 aromatic heterocycles. The first kappa shape index (κ1) is 27.2. The summed E-state index contributed by atoms with van der Waals surface area (Å²) in [5, 5.41) is 0. The molecule has 204 valence electrons. The fourth-order valence-corrected chi connectivity index (χ4v) is 4.38. The van der Waals surface area contributed by atoms with Crippen molar-refractivity contribution in [1.82, 2.24) is 24.0 Å². The van der Waals surface area contributed by atoms with Gasteiger partial charge in [-0.25, -0.2) is 19.0 Å². The van der Waals surface area contributed by atoms with Crippen LogP contribution in [0.3, 0.4) is 0 Å². The Bertz CT molecular complexity index is 1470. The van der Waals surface area contributed by atoms with Crippen LogP contribution in [0.2, 0.25) is 0 Å². The lowest BCUT2D eigenvalue weighted by atomic mass is 10.1. The Hall–Kier alpha value is -3.89. The average Bonchev–Trinajstić information content (AvgIpc) is 3.28. The Balaban J connectivity index is 1.43. The summed E-state index contributed by atoms with van der Waals surface area (Å²) in [5.74, 6) is 0.0238. The fraction of sp³-hybridized carbons (Fsp3) is 0.481. The Kier molecular flexibility index (Phi) is 7.75. The second-order valence-electron chi connectivity index (χ2n) is 10.2. The predicted octanol–water partition coefficient (Wildman–Crippen LogP) is 4.01. The first-order chi connectivity index (χ1) is 18.0. The summed E-state index contributed by atoms with van der Waals surface area (Å²) < 4.78 is 28.7. The van der Waals surface area contributed by atoms with E-state index in [1.807, 2.05) is 27.7 Å². The first-order valence-corrected chi connectivity index (χ1v) is 12.9. The molecule has 4 rings (SSSR count). The molecule has 0 spiro atoms. The highest BCUT2D eigenvalue weighted by Gasteiger charge is 2.28. The number of carbonyl (C=O) groups is 1. The Morgan fingerprint density at radius 3 is 2.42 bits per heavy atom. The molecule has 1 fully saturated rings. The molecule has 0 unspecified atom stereocenters. The number of amides is 1. The minimum atomic E-state index is -0.553. The molecule has 0 aliphatic carbocycles. The highest BCUT2D eigenvalue weighted by atomic mass is 19.1. The lowest BCUT2D eigenvalue weighted by Gasteiger charge is -2.33. The van der Waals surface area contributed by atoms with Gasteiger partial charge < -0.3 is 19.4 Å². The summed E-state index contributed by atoms with van der Waals surface area (Å²) in [4.78, 5) is 46.4. The van der Waals surface area contributed by atoms with Crippen LogP contribution >= 0.6 is 0 Å². The Morgan fingerprint density at radius 2 is 1.82 bits per heavy atom. The number of benzene rings is 1. The maximum atomic E-state index is 14.8. The first-order valence-electron chi connectivity index (χ1n) is 12.9. The fourth-order valence-electron chi connectivity index (χ4n) is 4.38. The Morgan fingerprint density at radius 1 is 1.13 bits per heavy atom. The average molecular weight is 528 g/mol. The molecule has 1 aliphatic rings. The molecular formula is C27H34FN5O5. The predicted molar refractivity (Wildman–Crippen MR) is 143 cm³/mol. The number of halogens is 1. The number of aryl methyl sites for hydroxylation is 1. The highest BCUT2D eigenvalue weighted by molar-refractivity contribution is 5.75. The standard InChI is InChI=1S/C27H34FN5O5/c1-6-32-23-22(24(34)33(7-2)25(32)35)29-21(30-23)11-9-17-8-10-20(19(28)16-17)37-18-12-14-31(15-13-18)26(36)38-27(3,4)5/h8-11,16,18H,6-7,12-15H2,1-5H3,(H,29,30)/b11-9+. The molecule has 1 amide bonds. The van der Waals surface area contributed by atoms with Gasteiger partial charge in [0.15, 0.2) is 17.2 Å². The number of piperidine rings is 1. The molecule has 3 heterocycles. The molecule has 11 heteroatoms. The molecule has 3 aromatic rings. The molecule has 0 saturated carbocycles. The summed E-state index contributed by atoms with van der Waals surface area (Å²) in [7, 11) is 0. The molecule has 1 aromatic carbocycles. The Labute approximate surface area is 219 Å². The second kappa shape index (κ2) is 10.8. The van der Waals surface area contributed by atoms with E-state index in [0.29, 0.717) is 49.5 Å². The minimum absolute atomic E-state index is 0.147. The van der Waals surface area contributed by atoms with Crippen molar-refractivity contribution in [2.75, 3.05) is 13.1 Å². The van der Waals surface area contributed by atoms with Gasteiger partial charge in [0.25, 0.3) is 5.56 Å². The molecule has 1 saturated heterocycles. The van der Waals surface area contributed by atoms with Crippen LogP contribution < -0.4 is 16.0 Å². The number of hydrogen-bond acceptors (Lipinski definition) is 6. The quantitative estimate of drug-likeness (QED) is 0.519. The van der Waals surface area contributed by atoms with Gasteiger partial charge in [0, 0.05) is 39.0 Å². The van der Waals surface area contributed by atoms with Crippen LogP contribution in [-0.4, -0.2) is 54.9 Å². The number of likely N-dealkylation sites (tertiary alicyclic amines) is 1. The maximum absolute atomic E-state index is 14.8. The van der Waals surface area contributed by atoms with E-state index in [-0.39, 0.29) is 30.0 Å². The number of rotatable bonds is 6. The van der Waals surface area contributed by atoms with Crippen LogP contribution in [-0.2, 0) is 17.8 Å². The molecule has 0 radical (unpaired) electrons. The van der Waals surface area contributed by atoms with Gasteiger partial charge in [-0.15, -0.1) is 0 Å². The van der Waals surface area contributed by atoms with Gasteiger partial charge in [-0.05, 0) is 58.4 Å². The van der Waals surface area contributed by atoms with Crippen molar-refractivity contribution < 1.29 is 18.7 Å². The summed E-state index contributed by atoms with van der Waals surface area (Å²) in [5.41, 5.74) is -0.256. The lowest BCUT2D eigenvalue weighted by Crippen LogP contribution is -2.44. The van der Waals surface area contributed by atoms with Gasteiger partial charge in [0.05, 0.1) is 0 Å². The van der Waals surface area contributed by atoms with E-state index >= 15 is 0 Å². The zero-order chi connectivity index (χ0) is 27.6. The largest absolute Gasteiger partial charge is 0.487 e. The van der Waals surface area contributed by atoms with Crippen LogP contribution in [0, 0.1) is 5.82 Å². The number of carbonyl (C=O) groups excluding carboxylic acids is 1. The molecule has 1 N–H and O–H groups in total. The van der Waals surface area contributed by atoms with Crippen LogP contribution in [0.25, 0.3) is 23.3 Å². The normalized spacial score (nSPS) is 14.9. The number of imidazole rings is 1. The number of H-pyrrole nitrogens is 1. The van der Waals surface area contributed by atoms with Crippen molar-refractivity contribution in [3.63, 3.8) is 0 Å². The van der Waals surface area contributed by atoms with Crippen LogP contribution in [0.15, 0.2) is 27.8 Å². The smallest absolute Gasteiger partial charge is 0.410 e. The third-order valence-electron chi connectivity index (χ3n) is 6.29. The highest BCUT2D eigenvalue weighted by Crippen LogP contribution is 2.25. The molecule has 10 nitrogen and oxygen atoms in total. The van der Waals surface area contributed by atoms with Gasteiger partial charge in [-0.1, -0.05) is 12.1 Å². The van der Waals surface area contributed by atoms with Crippen molar-refractivity contribution in [2.45, 2.75) is 72.3 Å². The summed E-state index contributed by atoms with van der Waals surface area (Å²) in [6, 6.07) is 4.65. The van der Waals surface area contributed by atoms with Gasteiger partial charge in [-0.2, -0.15) is 0 Å². The number of aromatic amines is 1. The van der Waals surface area contributed by atoms with Gasteiger partial charge >= 0.3 is 11.8 Å². The zero-order valence-corrected chi connectivity index (χ0v) is 22.4. The topological polar surface area (TPSA) is 111 Å². The van der Waals surface area contributed by atoms with E-state index in [1.54, 1.807) is 36.1 Å². The lowest BCUT2D eigenvalue weighted by molar-refractivity contribution is 0.0123. The number of nitrogens with one attached hydrogen (secondary N) is 1. The van der Waals surface area contributed by atoms with Gasteiger partial charge in [0.1, 0.15) is 23.0 Å². The van der Waals surface area contributed by atoms with E-state index in [0.717, 1.165) is 4.57 Å². The summed E-state index contributed by atoms with van der Waals surface area (Å²) in [6.45, 7) is 10.6.